The molecule has 1 aromatic rings. The Morgan fingerprint density at radius 2 is 2.25 bits per heavy atom. The number of nitrogens with zero attached hydrogens (tertiary/aromatic N) is 2. The molecule has 1 saturated heterocycles. The molecule has 0 atom stereocenters. The van der Waals surface area contributed by atoms with Crippen molar-refractivity contribution in [1.29, 1.82) is 0 Å². The minimum atomic E-state index is -0.0181. The first-order chi connectivity index (χ1) is 7.79. The number of aliphatic hydroxyl groups excluding tert-OH is 1. The van der Waals surface area contributed by atoms with E-state index in [2.05, 4.69) is 16.9 Å². The fraction of sp³-hybridized carbons (Fsp3) is 0.583. The summed E-state index contributed by atoms with van der Waals surface area (Å²) in [6, 6.07) is 1.82. The van der Waals surface area contributed by atoms with E-state index in [1.807, 2.05) is 6.07 Å². The fourth-order valence-electron chi connectivity index (χ4n) is 1.93. The van der Waals surface area contributed by atoms with Crippen LogP contribution in [0.25, 0.3) is 0 Å². The van der Waals surface area contributed by atoms with Gasteiger partial charge < -0.3 is 14.7 Å². The molecule has 0 spiro atoms. The predicted molar refractivity (Wildman–Crippen MR) is 61.3 cm³/mol. The molecule has 1 aliphatic rings. The van der Waals surface area contributed by atoms with E-state index in [1.165, 1.54) is 0 Å². The van der Waals surface area contributed by atoms with Crippen molar-refractivity contribution < 1.29 is 9.84 Å². The van der Waals surface area contributed by atoms with E-state index in [0.29, 0.717) is 0 Å². The normalized spacial score (nSPS) is 18.6. The highest BCUT2D eigenvalue weighted by molar-refractivity contribution is 5.29. The summed E-state index contributed by atoms with van der Waals surface area (Å²) < 4.78 is 5.90. The fourth-order valence-corrected chi connectivity index (χ4v) is 1.93. The summed E-state index contributed by atoms with van der Waals surface area (Å²) in [5, 5.41) is 9.16. The van der Waals surface area contributed by atoms with Gasteiger partial charge in [-0.1, -0.05) is 0 Å². The first-order valence-electron chi connectivity index (χ1n) is 5.68. The van der Waals surface area contributed by atoms with Gasteiger partial charge in [0.2, 0.25) is 0 Å². The standard InChI is InChI=1S/C12H18N2O2/c1-14-6-3-11(4-7-14)16-12-2-5-13-8-10(12)9-15/h2,5,8,11,15H,3-4,6-7,9H2,1H3. The van der Waals surface area contributed by atoms with E-state index >= 15 is 0 Å². The van der Waals surface area contributed by atoms with Crippen LogP contribution in [0.2, 0.25) is 0 Å². The quantitative estimate of drug-likeness (QED) is 0.830. The Morgan fingerprint density at radius 1 is 1.50 bits per heavy atom. The van der Waals surface area contributed by atoms with Gasteiger partial charge in [-0.05, 0) is 26.0 Å². The van der Waals surface area contributed by atoms with Gasteiger partial charge in [0, 0.05) is 31.0 Å². The molecular weight excluding hydrogens is 204 g/mol. The number of aliphatic hydroxyl groups is 1. The maximum absolute atomic E-state index is 9.16. The molecule has 0 bridgehead atoms. The maximum Gasteiger partial charge on any atom is 0.128 e. The Hall–Kier alpha value is -1.13. The molecule has 0 aromatic carbocycles. The van der Waals surface area contributed by atoms with E-state index in [-0.39, 0.29) is 12.7 Å². The van der Waals surface area contributed by atoms with Crippen LogP contribution in [0.3, 0.4) is 0 Å². The van der Waals surface area contributed by atoms with Crippen molar-refractivity contribution in [3.05, 3.63) is 24.0 Å². The lowest BCUT2D eigenvalue weighted by atomic mass is 10.1. The minimum Gasteiger partial charge on any atom is -0.490 e. The Kier molecular flexibility index (Phi) is 3.74. The predicted octanol–water partition coefficient (Wildman–Crippen LogP) is 1.05. The summed E-state index contributed by atoms with van der Waals surface area (Å²) in [4.78, 5) is 6.28. The zero-order valence-electron chi connectivity index (χ0n) is 9.59. The van der Waals surface area contributed by atoms with Gasteiger partial charge >= 0.3 is 0 Å². The van der Waals surface area contributed by atoms with Gasteiger partial charge in [-0.25, -0.2) is 0 Å². The van der Waals surface area contributed by atoms with Crippen LogP contribution in [0.5, 0.6) is 5.75 Å². The number of piperidine rings is 1. The van der Waals surface area contributed by atoms with E-state index in [1.54, 1.807) is 12.4 Å². The summed E-state index contributed by atoms with van der Waals surface area (Å²) in [5.74, 6) is 0.770. The van der Waals surface area contributed by atoms with E-state index in [9.17, 15) is 0 Å². The lowest BCUT2D eigenvalue weighted by Crippen LogP contribution is -2.35. The number of hydrogen-bond donors (Lipinski definition) is 1. The monoisotopic (exact) mass is 222 g/mol. The van der Waals surface area contributed by atoms with Crippen LogP contribution in [-0.4, -0.2) is 41.2 Å². The Morgan fingerprint density at radius 3 is 2.94 bits per heavy atom. The Bertz CT molecular complexity index is 336. The number of rotatable bonds is 3. The summed E-state index contributed by atoms with van der Waals surface area (Å²) in [5.41, 5.74) is 0.765. The average Bonchev–Trinajstić information content (AvgIpc) is 2.33. The van der Waals surface area contributed by atoms with Gasteiger partial charge in [-0.15, -0.1) is 0 Å². The van der Waals surface area contributed by atoms with Crippen molar-refractivity contribution in [3.63, 3.8) is 0 Å². The highest BCUT2D eigenvalue weighted by Crippen LogP contribution is 2.21. The molecule has 1 N–H and O–H groups in total. The molecule has 0 radical (unpaired) electrons. The smallest absolute Gasteiger partial charge is 0.128 e. The molecule has 1 aromatic heterocycles. The van der Waals surface area contributed by atoms with Gasteiger partial charge in [-0.3, -0.25) is 4.98 Å². The van der Waals surface area contributed by atoms with Crippen LogP contribution in [0.1, 0.15) is 18.4 Å². The van der Waals surface area contributed by atoms with Crippen molar-refractivity contribution in [2.45, 2.75) is 25.6 Å². The van der Waals surface area contributed by atoms with Gasteiger partial charge in [0.1, 0.15) is 11.9 Å². The van der Waals surface area contributed by atoms with Crippen molar-refractivity contribution in [3.8, 4) is 5.75 Å². The second kappa shape index (κ2) is 5.27. The van der Waals surface area contributed by atoms with Crippen LogP contribution < -0.4 is 4.74 Å². The Balaban J connectivity index is 1.98. The lowest BCUT2D eigenvalue weighted by molar-refractivity contribution is 0.111. The molecule has 0 saturated carbocycles. The largest absolute Gasteiger partial charge is 0.490 e. The van der Waals surface area contributed by atoms with Gasteiger partial charge in [-0.2, -0.15) is 0 Å². The molecule has 4 heteroatoms. The molecule has 88 valence electrons. The van der Waals surface area contributed by atoms with Crippen molar-refractivity contribution in [1.82, 2.24) is 9.88 Å². The van der Waals surface area contributed by atoms with Crippen LogP contribution in [0.4, 0.5) is 0 Å². The third-order valence-corrected chi connectivity index (χ3v) is 2.99. The van der Waals surface area contributed by atoms with Crippen molar-refractivity contribution >= 4 is 0 Å². The first-order valence-corrected chi connectivity index (χ1v) is 5.68. The van der Waals surface area contributed by atoms with E-state index in [4.69, 9.17) is 9.84 Å². The molecule has 2 rings (SSSR count). The summed E-state index contributed by atoms with van der Waals surface area (Å²) in [6.07, 6.45) is 5.71. The SMILES string of the molecule is CN1CCC(Oc2ccncc2CO)CC1. The zero-order chi connectivity index (χ0) is 11.4. The molecule has 0 unspecified atom stereocenters. The molecule has 0 amide bonds. The number of ether oxygens (including phenoxy) is 1. The van der Waals surface area contributed by atoms with Crippen molar-refractivity contribution in [2.24, 2.45) is 0 Å². The van der Waals surface area contributed by atoms with Crippen LogP contribution in [-0.2, 0) is 6.61 Å². The van der Waals surface area contributed by atoms with Crippen LogP contribution >= 0.6 is 0 Å². The van der Waals surface area contributed by atoms with Gasteiger partial charge in [0.05, 0.1) is 6.61 Å². The number of hydrogen-bond acceptors (Lipinski definition) is 4. The van der Waals surface area contributed by atoms with Crippen molar-refractivity contribution in [2.75, 3.05) is 20.1 Å². The molecule has 1 aliphatic heterocycles. The molecular formula is C12H18N2O2. The molecule has 2 heterocycles. The average molecular weight is 222 g/mol. The first kappa shape index (κ1) is 11.4. The zero-order valence-corrected chi connectivity index (χ0v) is 9.59. The highest BCUT2D eigenvalue weighted by Gasteiger charge is 2.18. The van der Waals surface area contributed by atoms with E-state index in [0.717, 1.165) is 37.2 Å². The molecule has 16 heavy (non-hydrogen) atoms. The molecule has 0 aliphatic carbocycles. The van der Waals surface area contributed by atoms with E-state index < -0.39 is 0 Å². The lowest BCUT2D eigenvalue weighted by Gasteiger charge is -2.29. The number of aromatic nitrogens is 1. The van der Waals surface area contributed by atoms with Gasteiger partial charge in [0.15, 0.2) is 0 Å². The second-order valence-corrected chi connectivity index (χ2v) is 4.26. The molecule has 1 fully saturated rings. The third kappa shape index (κ3) is 2.71. The highest BCUT2D eigenvalue weighted by atomic mass is 16.5. The van der Waals surface area contributed by atoms with Crippen LogP contribution in [0, 0.1) is 0 Å². The molecule has 4 nitrogen and oxygen atoms in total. The maximum atomic E-state index is 9.16. The summed E-state index contributed by atoms with van der Waals surface area (Å²) in [6.45, 7) is 2.13. The number of likely N-dealkylation sites (tertiary alicyclic amines) is 1. The third-order valence-electron chi connectivity index (χ3n) is 2.99. The minimum absolute atomic E-state index is 0.0181. The Labute approximate surface area is 95.9 Å². The van der Waals surface area contributed by atoms with Crippen LogP contribution in [0.15, 0.2) is 18.5 Å². The number of pyridine rings is 1. The van der Waals surface area contributed by atoms with Gasteiger partial charge in [0.25, 0.3) is 0 Å². The summed E-state index contributed by atoms with van der Waals surface area (Å²) in [7, 11) is 2.13. The summed E-state index contributed by atoms with van der Waals surface area (Å²) >= 11 is 0. The topological polar surface area (TPSA) is 45.6 Å². The second-order valence-electron chi connectivity index (χ2n) is 4.26.